The number of piperidine rings is 1. The summed E-state index contributed by atoms with van der Waals surface area (Å²) in [5.41, 5.74) is 0.866. The van der Waals surface area contributed by atoms with Crippen molar-refractivity contribution in [1.29, 1.82) is 0 Å². The molecule has 1 saturated heterocycles. The van der Waals surface area contributed by atoms with E-state index in [0.29, 0.717) is 22.5 Å². The summed E-state index contributed by atoms with van der Waals surface area (Å²) in [5.74, 6) is -0.0594. The Kier molecular flexibility index (Phi) is 6.95. The standard InChI is InChI=1S/C30H29NO6/c1-19-6-5-7-20(2)31(19)27(32)18-35-24-13-10-22(11-14-24)30(34)36-17-23-16-28(33)37-26-15-12-21-8-3-4-9-25(21)29(23)26/h3-4,8-16,19-20H,5-7,17-18H2,1-2H3/t19-,20+. The van der Waals surface area contributed by atoms with E-state index >= 15 is 0 Å². The monoisotopic (exact) mass is 499 g/mol. The van der Waals surface area contributed by atoms with Crippen LogP contribution in [0.2, 0.25) is 0 Å². The Labute approximate surface area is 214 Å². The van der Waals surface area contributed by atoms with Crippen LogP contribution in [0.3, 0.4) is 0 Å². The molecule has 7 heteroatoms. The first kappa shape index (κ1) is 24.6. The number of esters is 1. The summed E-state index contributed by atoms with van der Waals surface area (Å²) in [4.78, 5) is 39.4. The molecule has 37 heavy (non-hydrogen) atoms. The maximum atomic E-state index is 12.7. The third-order valence-corrected chi connectivity index (χ3v) is 7.01. The minimum Gasteiger partial charge on any atom is -0.484 e. The van der Waals surface area contributed by atoms with E-state index in [9.17, 15) is 14.4 Å². The molecule has 0 saturated carbocycles. The van der Waals surface area contributed by atoms with Gasteiger partial charge in [0.1, 0.15) is 17.9 Å². The zero-order chi connectivity index (χ0) is 25.9. The van der Waals surface area contributed by atoms with Gasteiger partial charge in [-0.2, -0.15) is 0 Å². The Hall–Kier alpha value is -4.13. The SMILES string of the molecule is C[C@@H]1CCC[C@H](C)N1C(=O)COc1ccc(C(=O)OCc2cc(=O)oc3ccc4ccccc4c23)cc1. The Morgan fingerprint density at radius 2 is 1.70 bits per heavy atom. The smallest absolute Gasteiger partial charge is 0.338 e. The molecule has 2 heterocycles. The average molecular weight is 500 g/mol. The largest absolute Gasteiger partial charge is 0.484 e. The molecule has 1 aliphatic rings. The molecule has 0 unspecified atom stereocenters. The van der Waals surface area contributed by atoms with E-state index in [1.54, 1.807) is 30.3 Å². The highest BCUT2D eigenvalue weighted by Gasteiger charge is 2.29. The van der Waals surface area contributed by atoms with Crippen molar-refractivity contribution in [3.8, 4) is 5.75 Å². The van der Waals surface area contributed by atoms with E-state index in [1.807, 2.05) is 35.2 Å². The van der Waals surface area contributed by atoms with Gasteiger partial charge in [-0.15, -0.1) is 0 Å². The van der Waals surface area contributed by atoms with Gasteiger partial charge in [0.2, 0.25) is 0 Å². The van der Waals surface area contributed by atoms with Crippen LogP contribution < -0.4 is 10.4 Å². The maximum absolute atomic E-state index is 12.7. The molecule has 2 atom stereocenters. The minimum atomic E-state index is -0.528. The molecule has 0 aliphatic carbocycles. The van der Waals surface area contributed by atoms with E-state index in [1.165, 1.54) is 6.07 Å². The van der Waals surface area contributed by atoms with Crippen LogP contribution in [0.1, 0.15) is 49.0 Å². The Morgan fingerprint density at radius 3 is 2.46 bits per heavy atom. The number of fused-ring (bicyclic) bond motifs is 3. The molecule has 3 aromatic carbocycles. The van der Waals surface area contributed by atoms with Gasteiger partial charge in [0, 0.05) is 29.1 Å². The van der Waals surface area contributed by atoms with Gasteiger partial charge in [0.25, 0.3) is 5.91 Å². The number of amides is 1. The van der Waals surface area contributed by atoms with Crippen molar-refractivity contribution in [1.82, 2.24) is 4.90 Å². The quantitative estimate of drug-likeness (QED) is 0.199. The maximum Gasteiger partial charge on any atom is 0.338 e. The second-order valence-corrected chi connectivity index (χ2v) is 9.57. The number of hydrogen-bond acceptors (Lipinski definition) is 6. The van der Waals surface area contributed by atoms with Gasteiger partial charge in [-0.25, -0.2) is 9.59 Å². The van der Waals surface area contributed by atoms with Crippen LogP contribution in [0.25, 0.3) is 21.7 Å². The van der Waals surface area contributed by atoms with E-state index < -0.39 is 11.6 Å². The molecule has 1 aliphatic heterocycles. The van der Waals surface area contributed by atoms with Gasteiger partial charge in [-0.1, -0.05) is 30.3 Å². The molecule has 0 bridgehead atoms. The number of likely N-dealkylation sites (tertiary alicyclic amines) is 1. The molecule has 4 aromatic rings. The zero-order valence-electron chi connectivity index (χ0n) is 20.9. The second kappa shape index (κ2) is 10.5. The van der Waals surface area contributed by atoms with Crippen LogP contribution in [-0.2, 0) is 16.1 Å². The van der Waals surface area contributed by atoms with Gasteiger partial charge in [-0.05, 0) is 74.2 Å². The van der Waals surface area contributed by atoms with Crippen molar-refractivity contribution in [2.45, 2.75) is 51.8 Å². The Balaban J connectivity index is 1.25. The average Bonchev–Trinajstić information content (AvgIpc) is 2.90. The fourth-order valence-corrected chi connectivity index (χ4v) is 5.18. The van der Waals surface area contributed by atoms with Crippen molar-refractivity contribution >= 4 is 33.6 Å². The number of carbonyl (C=O) groups excluding carboxylic acids is 2. The van der Waals surface area contributed by atoms with E-state index in [0.717, 1.165) is 35.4 Å². The molecule has 1 amide bonds. The molecule has 1 aromatic heterocycles. The zero-order valence-corrected chi connectivity index (χ0v) is 20.9. The van der Waals surface area contributed by atoms with Crippen LogP contribution in [-0.4, -0.2) is 35.5 Å². The van der Waals surface area contributed by atoms with Crippen molar-refractivity contribution in [3.63, 3.8) is 0 Å². The summed E-state index contributed by atoms with van der Waals surface area (Å²) in [5, 5.41) is 2.66. The first-order valence-corrected chi connectivity index (χ1v) is 12.6. The molecule has 0 spiro atoms. The summed E-state index contributed by atoms with van der Waals surface area (Å²) in [6, 6.07) is 19.7. The lowest BCUT2D eigenvalue weighted by Crippen LogP contribution is -2.49. The predicted molar refractivity (Wildman–Crippen MR) is 141 cm³/mol. The van der Waals surface area contributed by atoms with Crippen LogP contribution in [0.4, 0.5) is 0 Å². The fourth-order valence-electron chi connectivity index (χ4n) is 5.18. The lowest BCUT2D eigenvalue weighted by Gasteiger charge is -2.38. The molecule has 1 fully saturated rings. The first-order chi connectivity index (χ1) is 17.9. The Morgan fingerprint density at radius 1 is 0.973 bits per heavy atom. The Bertz CT molecular complexity index is 1500. The lowest BCUT2D eigenvalue weighted by atomic mass is 9.97. The number of hydrogen-bond donors (Lipinski definition) is 0. The van der Waals surface area contributed by atoms with Gasteiger partial charge in [0.15, 0.2) is 6.61 Å². The number of rotatable bonds is 6. The van der Waals surface area contributed by atoms with Crippen molar-refractivity contribution in [2.75, 3.05) is 6.61 Å². The summed E-state index contributed by atoms with van der Waals surface area (Å²) in [6.45, 7) is 4.02. The molecule has 5 rings (SSSR count). The van der Waals surface area contributed by atoms with Crippen molar-refractivity contribution in [3.05, 3.63) is 88.3 Å². The van der Waals surface area contributed by atoms with Gasteiger partial charge in [0.05, 0.1) is 5.56 Å². The van der Waals surface area contributed by atoms with E-state index in [2.05, 4.69) is 13.8 Å². The number of carbonyl (C=O) groups is 2. The van der Waals surface area contributed by atoms with E-state index in [-0.39, 0.29) is 31.2 Å². The van der Waals surface area contributed by atoms with Crippen molar-refractivity contribution < 1.29 is 23.5 Å². The van der Waals surface area contributed by atoms with Gasteiger partial charge >= 0.3 is 11.6 Å². The van der Waals surface area contributed by atoms with Gasteiger partial charge < -0.3 is 18.8 Å². The van der Waals surface area contributed by atoms with Crippen LogP contribution in [0.5, 0.6) is 5.75 Å². The summed E-state index contributed by atoms with van der Waals surface area (Å²) in [6.07, 6.45) is 3.15. The third kappa shape index (κ3) is 5.21. The van der Waals surface area contributed by atoms with Crippen LogP contribution in [0, 0.1) is 0 Å². The normalized spacial score (nSPS) is 17.6. The number of nitrogens with zero attached hydrogens (tertiary/aromatic N) is 1. The second-order valence-electron chi connectivity index (χ2n) is 9.57. The molecule has 0 radical (unpaired) electrons. The highest BCUT2D eigenvalue weighted by Crippen LogP contribution is 2.28. The van der Waals surface area contributed by atoms with Gasteiger partial charge in [-0.3, -0.25) is 4.79 Å². The highest BCUT2D eigenvalue weighted by atomic mass is 16.5. The highest BCUT2D eigenvalue weighted by molar-refractivity contribution is 6.07. The van der Waals surface area contributed by atoms with E-state index in [4.69, 9.17) is 13.9 Å². The molecular formula is C30H29NO6. The molecule has 190 valence electrons. The summed E-state index contributed by atoms with van der Waals surface area (Å²) >= 11 is 0. The third-order valence-electron chi connectivity index (χ3n) is 7.01. The fraction of sp³-hybridized carbons (Fsp3) is 0.300. The lowest BCUT2D eigenvalue weighted by molar-refractivity contribution is -0.139. The van der Waals surface area contributed by atoms with Crippen LogP contribution >= 0.6 is 0 Å². The number of benzene rings is 3. The molecule has 0 N–H and O–H groups in total. The number of ether oxygens (including phenoxy) is 2. The topological polar surface area (TPSA) is 86.0 Å². The van der Waals surface area contributed by atoms with Crippen molar-refractivity contribution in [2.24, 2.45) is 0 Å². The summed E-state index contributed by atoms with van der Waals surface area (Å²) < 4.78 is 16.6. The predicted octanol–water partition coefficient (Wildman–Crippen LogP) is 5.47. The minimum absolute atomic E-state index is 0.0322. The molecular weight excluding hydrogens is 470 g/mol. The first-order valence-electron chi connectivity index (χ1n) is 12.6. The van der Waals surface area contributed by atoms with Crippen LogP contribution in [0.15, 0.2) is 75.9 Å². The molecule has 7 nitrogen and oxygen atoms in total. The summed E-state index contributed by atoms with van der Waals surface area (Å²) in [7, 11) is 0.